The molecule has 0 atom stereocenters. The van der Waals surface area contributed by atoms with E-state index in [0.717, 1.165) is 6.07 Å². The van der Waals surface area contributed by atoms with Gasteiger partial charge in [0.15, 0.2) is 5.76 Å². The van der Waals surface area contributed by atoms with Crippen LogP contribution in [0.15, 0.2) is 70.1 Å². The summed E-state index contributed by atoms with van der Waals surface area (Å²) in [6.45, 7) is 0. The molecule has 0 aliphatic rings. The topological polar surface area (TPSA) is 89.8 Å². The van der Waals surface area contributed by atoms with Crippen LogP contribution in [0.5, 0.6) is 11.5 Å². The molecule has 0 bridgehead atoms. The van der Waals surface area contributed by atoms with Crippen LogP contribution in [-0.2, 0) is 0 Å². The van der Waals surface area contributed by atoms with Crippen LogP contribution < -0.4 is 25.5 Å². The number of hydrogen-bond acceptors (Lipinski definition) is 6. The number of benzene rings is 2. The van der Waals surface area contributed by atoms with Crippen LogP contribution >= 0.6 is 0 Å². The van der Waals surface area contributed by atoms with E-state index in [1.165, 1.54) is 6.26 Å². The molecule has 7 heteroatoms. The molecule has 0 saturated carbocycles. The van der Waals surface area contributed by atoms with Gasteiger partial charge in [-0.05, 0) is 48.5 Å². The van der Waals surface area contributed by atoms with Crippen molar-refractivity contribution >= 4 is 23.0 Å². The lowest BCUT2D eigenvalue weighted by Crippen LogP contribution is -2.16. The molecule has 1 heterocycles. The molecule has 3 aromatic rings. The summed E-state index contributed by atoms with van der Waals surface area (Å²) in [6.07, 6.45) is 1.22. The van der Waals surface area contributed by atoms with Gasteiger partial charge in [0.25, 0.3) is 5.91 Å². The number of carbonyl (C=O) groups excluding carboxylic acids is 1. The molecular formula is C20H18N2O5. The van der Waals surface area contributed by atoms with Crippen molar-refractivity contribution in [1.29, 1.82) is 0 Å². The number of rotatable bonds is 6. The van der Waals surface area contributed by atoms with E-state index in [1.54, 1.807) is 62.8 Å². The minimum absolute atomic E-state index is 0.0869. The first kappa shape index (κ1) is 18.1. The average molecular weight is 366 g/mol. The number of methoxy groups -OCH3 is 2. The van der Waals surface area contributed by atoms with Crippen LogP contribution in [-0.4, -0.2) is 20.1 Å². The van der Waals surface area contributed by atoms with Crippen molar-refractivity contribution in [3.05, 3.63) is 76.8 Å². The zero-order valence-electron chi connectivity index (χ0n) is 14.8. The largest absolute Gasteiger partial charge is 0.497 e. The van der Waals surface area contributed by atoms with Crippen molar-refractivity contribution in [2.45, 2.75) is 0 Å². The fraction of sp³-hybridized carbons (Fsp3) is 0.100. The summed E-state index contributed by atoms with van der Waals surface area (Å²) in [5, 5.41) is 5.60. The Labute approximate surface area is 155 Å². The van der Waals surface area contributed by atoms with Crippen molar-refractivity contribution in [3.8, 4) is 11.5 Å². The van der Waals surface area contributed by atoms with Gasteiger partial charge in [0, 0.05) is 17.4 Å². The Kier molecular flexibility index (Phi) is 5.41. The first-order valence-electron chi connectivity index (χ1n) is 8.08. The first-order valence-corrected chi connectivity index (χ1v) is 8.08. The highest BCUT2D eigenvalue weighted by atomic mass is 16.5. The number of carbonyl (C=O) groups is 1. The summed E-state index contributed by atoms with van der Waals surface area (Å²) in [5.74, 6) is 0.774. The van der Waals surface area contributed by atoms with Crippen LogP contribution in [0, 0.1) is 0 Å². The summed E-state index contributed by atoms with van der Waals surface area (Å²) in [4.78, 5) is 24.5. The summed E-state index contributed by atoms with van der Waals surface area (Å²) in [6, 6.07) is 15.0. The molecule has 0 aliphatic heterocycles. The van der Waals surface area contributed by atoms with Gasteiger partial charge in [0.2, 0.25) is 5.43 Å². The third-order valence-electron chi connectivity index (χ3n) is 3.77. The predicted octanol–water partition coefficient (Wildman–Crippen LogP) is 3.65. The van der Waals surface area contributed by atoms with Crippen molar-refractivity contribution in [1.82, 2.24) is 0 Å². The SMILES string of the molecule is COc1ccc(NC(=O)c2cc(=O)c(Nc3ccc(OC)cc3)co2)cc1. The Morgan fingerprint density at radius 1 is 0.889 bits per heavy atom. The van der Waals surface area contributed by atoms with E-state index in [9.17, 15) is 9.59 Å². The normalized spacial score (nSPS) is 10.1. The van der Waals surface area contributed by atoms with E-state index >= 15 is 0 Å². The fourth-order valence-electron chi connectivity index (χ4n) is 2.32. The van der Waals surface area contributed by atoms with E-state index < -0.39 is 5.91 Å². The molecule has 1 aromatic heterocycles. The molecule has 0 saturated heterocycles. The van der Waals surface area contributed by atoms with E-state index in [4.69, 9.17) is 13.9 Å². The maximum atomic E-state index is 12.3. The summed E-state index contributed by atoms with van der Waals surface area (Å²) in [5.41, 5.74) is 1.11. The van der Waals surface area contributed by atoms with Gasteiger partial charge in [-0.1, -0.05) is 0 Å². The molecule has 0 unspecified atom stereocenters. The molecule has 0 aliphatic carbocycles. The Morgan fingerprint density at radius 3 is 1.96 bits per heavy atom. The van der Waals surface area contributed by atoms with Gasteiger partial charge in [-0.3, -0.25) is 9.59 Å². The van der Waals surface area contributed by atoms with E-state index in [2.05, 4.69) is 10.6 Å². The second kappa shape index (κ2) is 8.09. The number of nitrogens with one attached hydrogen (secondary N) is 2. The van der Waals surface area contributed by atoms with Crippen molar-refractivity contribution < 1.29 is 18.7 Å². The molecule has 2 aromatic carbocycles. The average Bonchev–Trinajstić information content (AvgIpc) is 2.70. The smallest absolute Gasteiger partial charge is 0.291 e. The van der Waals surface area contributed by atoms with Gasteiger partial charge in [-0.25, -0.2) is 0 Å². The lowest BCUT2D eigenvalue weighted by molar-refractivity contribution is 0.0994. The number of hydrogen-bond donors (Lipinski definition) is 2. The van der Waals surface area contributed by atoms with Crippen LogP contribution in [0.2, 0.25) is 0 Å². The minimum atomic E-state index is -0.520. The lowest BCUT2D eigenvalue weighted by atomic mass is 10.2. The predicted molar refractivity (Wildman–Crippen MR) is 102 cm³/mol. The standard InChI is InChI=1S/C20H18N2O5/c1-25-15-7-3-13(4-8-15)21-17-12-27-19(11-18(17)23)20(24)22-14-5-9-16(26-2)10-6-14/h3-12,21H,1-2H3,(H,22,24). The number of anilines is 3. The van der Waals surface area contributed by atoms with Gasteiger partial charge in [0.1, 0.15) is 23.4 Å². The Hall–Kier alpha value is -3.74. The lowest BCUT2D eigenvalue weighted by Gasteiger charge is -2.08. The molecule has 0 spiro atoms. The van der Waals surface area contributed by atoms with Gasteiger partial charge in [-0.15, -0.1) is 0 Å². The fourth-order valence-corrected chi connectivity index (χ4v) is 2.32. The van der Waals surface area contributed by atoms with E-state index in [-0.39, 0.29) is 16.9 Å². The van der Waals surface area contributed by atoms with Gasteiger partial charge < -0.3 is 24.5 Å². The van der Waals surface area contributed by atoms with Crippen LogP contribution in [0.3, 0.4) is 0 Å². The summed E-state index contributed by atoms with van der Waals surface area (Å²) in [7, 11) is 3.14. The molecular weight excluding hydrogens is 348 g/mol. The zero-order chi connectivity index (χ0) is 19.2. The summed E-state index contributed by atoms with van der Waals surface area (Å²) < 4.78 is 15.5. The Balaban J connectivity index is 1.70. The molecule has 27 heavy (non-hydrogen) atoms. The van der Waals surface area contributed by atoms with Crippen LogP contribution in [0.4, 0.5) is 17.1 Å². The van der Waals surface area contributed by atoms with Gasteiger partial charge in [0.05, 0.1) is 14.2 Å². The number of amides is 1. The molecule has 7 nitrogen and oxygen atoms in total. The number of ether oxygens (including phenoxy) is 2. The monoisotopic (exact) mass is 366 g/mol. The van der Waals surface area contributed by atoms with Crippen LogP contribution in [0.25, 0.3) is 0 Å². The molecule has 0 fully saturated rings. The van der Waals surface area contributed by atoms with Gasteiger partial charge >= 0.3 is 0 Å². The second-order valence-corrected chi connectivity index (χ2v) is 5.56. The zero-order valence-corrected chi connectivity index (χ0v) is 14.8. The Morgan fingerprint density at radius 2 is 1.44 bits per heavy atom. The maximum Gasteiger partial charge on any atom is 0.291 e. The molecule has 3 rings (SSSR count). The van der Waals surface area contributed by atoms with Crippen molar-refractivity contribution in [2.75, 3.05) is 24.9 Å². The quantitative estimate of drug-likeness (QED) is 0.692. The highest BCUT2D eigenvalue weighted by Gasteiger charge is 2.12. The third kappa shape index (κ3) is 4.46. The maximum absolute atomic E-state index is 12.3. The summed E-state index contributed by atoms with van der Waals surface area (Å²) >= 11 is 0. The molecule has 1 amide bonds. The molecule has 138 valence electrons. The van der Waals surface area contributed by atoms with E-state index in [0.29, 0.717) is 22.9 Å². The molecule has 2 N–H and O–H groups in total. The first-order chi connectivity index (χ1) is 13.1. The minimum Gasteiger partial charge on any atom is -0.497 e. The highest BCUT2D eigenvalue weighted by Crippen LogP contribution is 2.19. The Bertz CT molecular complexity index is 979. The molecule has 0 radical (unpaired) electrons. The van der Waals surface area contributed by atoms with Gasteiger partial charge in [-0.2, -0.15) is 0 Å². The second-order valence-electron chi connectivity index (χ2n) is 5.56. The van der Waals surface area contributed by atoms with E-state index in [1.807, 2.05) is 0 Å². The highest BCUT2D eigenvalue weighted by molar-refractivity contribution is 6.02. The van der Waals surface area contributed by atoms with Crippen LogP contribution in [0.1, 0.15) is 10.6 Å². The van der Waals surface area contributed by atoms with Crippen molar-refractivity contribution in [3.63, 3.8) is 0 Å². The third-order valence-corrected chi connectivity index (χ3v) is 3.77. The van der Waals surface area contributed by atoms with Crippen molar-refractivity contribution in [2.24, 2.45) is 0 Å².